The van der Waals surface area contributed by atoms with Crippen molar-refractivity contribution in [2.24, 2.45) is 47.3 Å². The van der Waals surface area contributed by atoms with Crippen molar-refractivity contribution in [2.75, 3.05) is 0 Å². The summed E-state index contributed by atoms with van der Waals surface area (Å²) in [7, 11) is 0. The van der Waals surface area contributed by atoms with Crippen LogP contribution in [0.25, 0.3) is 0 Å². The van der Waals surface area contributed by atoms with Crippen LogP contribution in [0.1, 0.15) is 103 Å². The summed E-state index contributed by atoms with van der Waals surface area (Å²) in [5, 5.41) is 11.0. The third kappa shape index (κ3) is 6.71. The van der Waals surface area contributed by atoms with Crippen molar-refractivity contribution in [1.29, 1.82) is 0 Å². The Morgan fingerprint density at radius 2 is 0.761 bits per heavy atom. The Kier molecular flexibility index (Phi) is 10.6. The summed E-state index contributed by atoms with van der Waals surface area (Å²) < 4.78 is 0. The van der Waals surface area contributed by atoms with Crippen molar-refractivity contribution in [3.63, 3.8) is 0 Å². The molecule has 8 rings (SSSR count). The first-order chi connectivity index (χ1) is 21.9. The molecule has 0 saturated heterocycles. The van der Waals surface area contributed by atoms with E-state index in [9.17, 15) is 24.3 Å². The van der Waals surface area contributed by atoms with Gasteiger partial charge >= 0.3 is 47.5 Å². The van der Waals surface area contributed by atoms with E-state index in [1.165, 1.54) is 12.8 Å². The molecule has 0 aromatic carbocycles. The summed E-state index contributed by atoms with van der Waals surface area (Å²) in [5.74, 6) is 0.330. The number of hydrogen-bond donors (Lipinski definition) is 0. The quantitative estimate of drug-likeness (QED) is 0.305. The number of carbonyl (C=O) groups is 4. The number of carbonyl (C=O) groups excluding carboxylic acids is 4. The average Bonchev–Trinajstić information content (AvgIpc) is 2.95. The van der Waals surface area contributed by atoms with Gasteiger partial charge in [-0.3, -0.25) is 14.5 Å². The van der Waals surface area contributed by atoms with Gasteiger partial charge < -0.3 is 9.90 Å². The summed E-state index contributed by atoms with van der Waals surface area (Å²) in [6.07, 6.45) is 24.0. The van der Waals surface area contributed by atoms with Gasteiger partial charge in [0.15, 0.2) is 0 Å². The van der Waals surface area contributed by atoms with Gasteiger partial charge in [-0.2, -0.15) is 0 Å². The zero-order valence-electron chi connectivity index (χ0n) is 27.0. The van der Waals surface area contributed by atoms with Crippen LogP contribution in [-0.2, 0) is 33.7 Å². The van der Waals surface area contributed by atoms with Crippen LogP contribution >= 0.6 is 0 Å². The number of carboxylic acids is 1. The van der Waals surface area contributed by atoms with E-state index in [1.807, 2.05) is 24.3 Å². The topological polar surface area (TPSA) is 122 Å². The maximum absolute atomic E-state index is 13.0. The molecule has 0 radical (unpaired) electrons. The van der Waals surface area contributed by atoms with Crippen LogP contribution in [0.2, 0.25) is 0 Å². The second-order valence-electron chi connectivity index (χ2n) is 14.4. The fraction of sp³-hybridized carbons (Fsp3) is 0.667. The van der Waals surface area contributed by atoms with E-state index in [1.54, 1.807) is 0 Å². The van der Waals surface area contributed by atoms with E-state index < -0.39 is 23.9 Å². The van der Waals surface area contributed by atoms with Crippen LogP contribution in [0, 0.1) is 47.3 Å². The van der Waals surface area contributed by atoms with Crippen LogP contribution in [0.5, 0.6) is 0 Å². The van der Waals surface area contributed by atoms with Gasteiger partial charge in [0.1, 0.15) is 0 Å². The van der Waals surface area contributed by atoms with E-state index >= 15 is 0 Å². The molecule has 10 heteroatoms. The molecular weight excluding hydrogens is 597 g/mol. The molecule has 0 aliphatic heterocycles. The molecule has 8 aliphatic rings. The third-order valence-electron chi connectivity index (χ3n) is 12.3. The van der Waals surface area contributed by atoms with Crippen molar-refractivity contribution in [2.45, 2.75) is 103 Å². The van der Waals surface area contributed by atoms with Crippen LogP contribution < -0.4 is 34.7 Å². The molecule has 8 unspecified atom stereocenters. The molecule has 4 saturated carbocycles. The van der Waals surface area contributed by atoms with Gasteiger partial charge in [-0.1, -0.05) is 24.3 Å². The third-order valence-corrected chi connectivity index (χ3v) is 12.3. The molecule has 9 nitrogen and oxygen atoms in total. The predicted molar refractivity (Wildman–Crippen MR) is 159 cm³/mol. The first-order valence-electron chi connectivity index (χ1n) is 17.4. The maximum Gasteiger partial charge on any atom is 1.00 e. The Bertz CT molecular complexity index is 1240. The average molecular weight is 642 g/mol. The van der Waals surface area contributed by atoms with Gasteiger partial charge in [-0.25, -0.2) is 14.4 Å². The molecule has 0 spiro atoms. The van der Waals surface area contributed by atoms with Gasteiger partial charge in [-0.15, -0.1) is 0 Å². The SMILES string of the molecule is O=C(ON(OC(=O)C1=CCCC2CCC12)OC(=O)C1=CCCC2CCC12)C1=CCCC2CCC12.O=C([O-])C1=CCCC2CCC12.[Na+]. The zero-order valence-corrected chi connectivity index (χ0v) is 29.0. The van der Waals surface area contributed by atoms with Crippen molar-refractivity contribution in [3.8, 4) is 0 Å². The van der Waals surface area contributed by atoms with Gasteiger partial charge in [0.2, 0.25) is 5.39 Å². The predicted octanol–water partition coefficient (Wildman–Crippen LogP) is 2.39. The molecule has 0 N–H and O–H groups in total. The molecule has 0 aromatic heterocycles. The van der Waals surface area contributed by atoms with Crippen LogP contribution in [0.15, 0.2) is 46.6 Å². The summed E-state index contributed by atoms with van der Waals surface area (Å²) in [6.45, 7) is 0. The molecular formula is C36H44NNaO8. The van der Waals surface area contributed by atoms with E-state index in [0.29, 0.717) is 57.3 Å². The number of hydrogen-bond acceptors (Lipinski definition) is 9. The Hall–Kier alpha value is -2.20. The molecule has 46 heavy (non-hydrogen) atoms. The molecule has 8 aliphatic carbocycles. The van der Waals surface area contributed by atoms with E-state index in [0.717, 1.165) is 89.9 Å². The Morgan fingerprint density at radius 3 is 1.00 bits per heavy atom. The van der Waals surface area contributed by atoms with E-state index in [-0.39, 0.29) is 47.3 Å². The minimum Gasteiger partial charge on any atom is -0.545 e. The Morgan fingerprint density at radius 1 is 0.478 bits per heavy atom. The van der Waals surface area contributed by atoms with Gasteiger partial charge in [0, 0.05) is 16.7 Å². The summed E-state index contributed by atoms with van der Waals surface area (Å²) in [5.41, 5.74) is 2.39. The maximum atomic E-state index is 13.0. The van der Waals surface area contributed by atoms with Crippen molar-refractivity contribution >= 4 is 23.9 Å². The number of allylic oxidation sites excluding steroid dienone is 4. The van der Waals surface area contributed by atoms with E-state index in [2.05, 4.69) is 0 Å². The van der Waals surface area contributed by atoms with Gasteiger partial charge in [0.25, 0.3) is 0 Å². The second kappa shape index (κ2) is 14.5. The number of rotatable bonds is 7. The standard InChI is InChI=1S/C27H33NO6.C9H12O2.Na/c29-25(22-7-1-4-16-10-13-19(16)22)32-28(33-26(30)23-8-2-5-17-11-14-20(17)23)34-27(31)24-9-3-6-18-12-15-21(18)24;10-9(11)8-3-1-2-6-4-5-7(6)8;/h7-9,16-21H,1-6,10-15H2;3,6-7H,1-2,4-5H2,(H,10,11);/q;;+1/p-1. The normalized spacial score (nSPS) is 34.5. The largest absolute Gasteiger partial charge is 1.00 e. The van der Waals surface area contributed by atoms with Crippen molar-refractivity contribution < 1.29 is 68.4 Å². The first kappa shape index (κ1) is 33.7. The number of fused-ring (bicyclic) bond motifs is 4. The van der Waals surface area contributed by atoms with Crippen LogP contribution in [0.4, 0.5) is 0 Å². The summed E-state index contributed by atoms with van der Waals surface area (Å²) in [4.78, 5) is 65.9. The van der Waals surface area contributed by atoms with Crippen molar-refractivity contribution in [3.05, 3.63) is 46.6 Å². The molecule has 0 aromatic rings. The zero-order chi connectivity index (χ0) is 31.1. The smallest absolute Gasteiger partial charge is 0.545 e. The molecule has 8 atom stereocenters. The van der Waals surface area contributed by atoms with Crippen LogP contribution in [-0.4, -0.2) is 29.3 Å². The summed E-state index contributed by atoms with van der Waals surface area (Å²) >= 11 is 0. The van der Waals surface area contributed by atoms with Gasteiger partial charge in [-0.05, 0) is 156 Å². The Balaban J connectivity index is 0.000000262. The van der Waals surface area contributed by atoms with E-state index in [4.69, 9.17) is 14.5 Å². The molecule has 4 fully saturated rings. The molecule has 0 bridgehead atoms. The number of aliphatic carboxylic acids is 1. The minimum absolute atomic E-state index is 0. The van der Waals surface area contributed by atoms with Gasteiger partial charge in [0.05, 0.1) is 5.97 Å². The fourth-order valence-electron chi connectivity index (χ4n) is 9.07. The summed E-state index contributed by atoms with van der Waals surface area (Å²) in [6, 6.07) is 0. The van der Waals surface area contributed by atoms with Crippen LogP contribution in [0.3, 0.4) is 0 Å². The fourth-order valence-corrected chi connectivity index (χ4v) is 9.07. The molecule has 242 valence electrons. The Labute approximate surface area is 293 Å². The first-order valence-corrected chi connectivity index (χ1v) is 17.4. The minimum atomic E-state index is -0.945. The monoisotopic (exact) mass is 641 g/mol. The van der Waals surface area contributed by atoms with Crippen molar-refractivity contribution in [1.82, 2.24) is 5.39 Å². The number of carboxylic acid groups (broad SMARTS) is 1. The number of nitrogens with zero attached hydrogens (tertiary/aromatic N) is 1. The second-order valence-corrected chi connectivity index (χ2v) is 14.4. The molecule has 0 heterocycles. The molecule has 0 amide bonds.